The van der Waals surface area contributed by atoms with Crippen LogP contribution >= 0.6 is 0 Å². The molecule has 1 aromatic heterocycles. The number of hydrogen-bond acceptors (Lipinski definition) is 7. The molecule has 0 amide bonds. The highest BCUT2D eigenvalue weighted by Gasteiger charge is 2.13. The number of ether oxygens (including phenoxy) is 3. The first kappa shape index (κ1) is 18.7. The Morgan fingerprint density at radius 1 is 1.04 bits per heavy atom. The number of nitrogens with zero attached hydrogens (tertiary/aromatic N) is 3. The van der Waals surface area contributed by atoms with Crippen LogP contribution in [0.25, 0.3) is 10.9 Å². The first-order chi connectivity index (χ1) is 13.1. The number of fused-ring (bicyclic) bond motifs is 1. The fourth-order valence-corrected chi connectivity index (χ4v) is 2.53. The highest BCUT2D eigenvalue weighted by molar-refractivity contribution is 5.87. The van der Waals surface area contributed by atoms with Gasteiger partial charge in [-0.15, -0.1) is 0 Å². The third kappa shape index (κ3) is 4.57. The summed E-state index contributed by atoms with van der Waals surface area (Å²) in [5, 5.41) is 3.83. The smallest absolute Gasteiger partial charge is 0.230 e. The van der Waals surface area contributed by atoms with Gasteiger partial charge in [-0.3, -0.25) is 0 Å². The summed E-state index contributed by atoms with van der Waals surface area (Å²) in [4.78, 5) is 10.7. The Morgan fingerprint density at radius 3 is 2.48 bits per heavy atom. The lowest BCUT2D eigenvalue weighted by Crippen LogP contribution is -2.19. The number of hydrogen-bond donors (Lipinski definition) is 1. The van der Waals surface area contributed by atoms with E-state index in [0.717, 1.165) is 23.1 Å². The molecule has 3 aromatic rings. The second-order valence-electron chi connectivity index (χ2n) is 6.23. The summed E-state index contributed by atoms with van der Waals surface area (Å²) in [5.41, 5.74) is 1.74. The summed E-state index contributed by atoms with van der Waals surface area (Å²) in [6.07, 6.45) is 1.48. The van der Waals surface area contributed by atoms with Crippen LogP contribution in [0.4, 0.5) is 5.69 Å². The highest BCUT2D eigenvalue weighted by atomic mass is 16.5. The summed E-state index contributed by atoms with van der Waals surface area (Å²) >= 11 is 0. The molecule has 1 heterocycles. The van der Waals surface area contributed by atoms with Crippen LogP contribution in [0, 0.1) is 0 Å². The van der Waals surface area contributed by atoms with Gasteiger partial charge in [0.05, 0.1) is 18.0 Å². The van der Waals surface area contributed by atoms with E-state index in [4.69, 9.17) is 14.2 Å². The van der Waals surface area contributed by atoms with Crippen molar-refractivity contribution in [3.8, 4) is 23.1 Å². The molecule has 0 radical (unpaired) electrons. The molecule has 0 saturated heterocycles. The average Bonchev–Trinajstić information content (AvgIpc) is 2.68. The van der Waals surface area contributed by atoms with Crippen LogP contribution in [0.2, 0.25) is 0 Å². The lowest BCUT2D eigenvalue weighted by molar-refractivity contribution is 0.251. The number of benzene rings is 2. The molecule has 0 saturated carbocycles. The Labute approximate surface area is 158 Å². The fraction of sp³-hybridized carbons (Fsp3) is 0.300. The van der Waals surface area contributed by atoms with E-state index in [0.29, 0.717) is 29.7 Å². The molecule has 0 bridgehead atoms. The number of nitrogens with one attached hydrogen (secondary N) is 1. The molecule has 0 unspecified atom stereocenters. The van der Waals surface area contributed by atoms with Gasteiger partial charge in [0.15, 0.2) is 11.5 Å². The predicted molar refractivity (Wildman–Crippen MR) is 106 cm³/mol. The number of likely N-dealkylation sites (N-methyl/N-ethyl adjacent to an activating group) is 1. The molecule has 0 aliphatic heterocycles. The molecule has 2 aromatic carbocycles. The van der Waals surface area contributed by atoms with Gasteiger partial charge >= 0.3 is 0 Å². The molecule has 0 spiro atoms. The van der Waals surface area contributed by atoms with Crippen molar-refractivity contribution in [2.75, 3.05) is 46.7 Å². The van der Waals surface area contributed by atoms with Crippen molar-refractivity contribution >= 4 is 16.6 Å². The van der Waals surface area contributed by atoms with Crippen LogP contribution in [0.3, 0.4) is 0 Å². The lowest BCUT2D eigenvalue weighted by atomic mass is 10.2. The number of aromatic nitrogens is 2. The van der Waals surface area contributed by atoms with Gasteiger partial charge < -0.3 is 24.4 Å². The van der Waals surface area contributed by atoms with Crippen molar-refractivity contribution in [3.63, 3.8) is 0 Å². The minimum Gasteiger partial charge on any atom is -0.493 e. The molecule has 0 aliphatic carbocycles. The lowest BCUT2D eigenvalue weighted by Gasteiger charge is -2.15. The molecule has 7 nitrogen and oxygen atoms in total. The molecule has 142 valence electrons. The zero-order valence-corrected chi connectivity index (χ0v) is 16.0. The summed E-state index contributed by atoms with van der Waals surface area (Å²) in [6, 6.07) is 11.3. The van der Waals surface area contributed by atoms with Crippen LogP contribution in [0.15, 0.2) is 42.7 Å². The maximum Gasteiger partial charge on any atom is 0.230 e. The van der Waals surface area contributed by atoms with Gasteiger partial charge in [-0.1, -0.05) is 0 Å². The molecular formula is C20H24N4O3. The molecule has 0 atom stereocenters. The predicted octanol–water partition coefficient (Wildman–Crippen LogP) is 3.41. The van der Waals surface area contributed by atoms with E-state index < -0.39 is 0 Å². The Balaban J connectivity index is 1.90. The third-order valence-corrected chi connectivity index (χ3v) is 4.04. The van der Waals surface area contributed by atoms with Crippen LogP contribution in [0.5, 0.6) is 23.1 Å². The van der Waals surface area contributed by atoms with Gasteiger partial charge in [0.25, 0.3) is 0 Å². The van der Waals surface area contributed by atoms with Crippen molar-refractivity contribution < 1.29 is 14.2 Å². The van der Waals surface area contributed by atoms with Crippen molar-refractivity contribution in [2.45, 2.75) is 0 Å². The molecule has 0 fully saturated rings. The molecule has 7 heteroatoms. The molecular weight excluding hydrogens is 344 g/mol. The topological polar surface area (TPSA) is 68.7 Å². The second-order valence-corrected chi connectivity index (χ2v) is 6.23. The molecule has 0 aliphatic rings. The van der Waals surface area contributed by atoms with Crippen molar-refractivity contribution in [1.82, 2.24) is 14.9 Å². The van der Waals surface area contributed by atoms with Gasteiger partial charge in [-0.2, -0.15) is 0 Å². The Kier molecular flexibility index (Phi) is 5.93. The van der Waals surface area contributed by atoms with Gasteiger partial charge in [0.2, 0.25) is 5.88 Å². The summed E-state index contributed by atoms with van der Waals surface area (Å²) < 4.78 is 17.3. The number of methoxy groups -OCH3 is 1. The van der Waals surface area contributed by atoms with Crippen molar-refractivity contribution in [3.05, 3.63) is 42.7 Å². The SMILES string of the molecule is CNc1ccc(Oc2ncnc3cc(OCCN(C)C)c(OC)cc23)cc1. The first-order valence-corrected chi connectivity index (χ1v) is 8.66. The first-order valence-electron chi connectivity index (χ1n) is 8.66. The van der Waals surface area contributed by atoms with Crippen LogP contribution in [0.1, 0.15) is 0 Å². The average molecular weight is 368 g/mol. The highest BCUT2D eigenvalue weighted by Crippen LogP contribution is 2.36. The van der Waals surface area contributed by atoms with E-state index in [1.165, 1.54) is 6.33 Å². The van der Waals surface area contributed by atoms with Crippen molar-refractivity contribution in [2.24, 2.45) is 0 Å². The van der Waals surface area contributed by atoms with Crippen LogP contribution < -0.4 is 19.5 Å². The Hall–Kier alpha value is -3.06. The standard InChI is InChI=1S/C20H24N4O3/c1-21-14-5-7-15(8-6-14)27-20-16-11-18(25-4)19(26-10-9-24(2)3)12-17(16)22-13-23-20/h5-8,11-13,21H,9-10H2,1-4H3. The van der Waals surface area contributed by atoms with E-state index in [-0.39, 0.29) is 0 Å². The maximum absolute atomic E-state index is 5.96. The number of rotatable bonds is 8. The maximum atomic E-state index is 5.96. The van der Waals surface area contributed by atoms with E-state index in [1.54, 1.807) is 7.11 Å². The minimum absolute atomic E-state index is 0.468. The second kappa shape index (κ2) is 8.55. The largest absolute Gasteiger partial charge is 0.493 e. The quantitative estimate of drug-likeness (QED) is 0.653. The normalized spacial score (nSPS) is 10.9. The zero-order chi connectivity index (χ0) is 19.2. The Morgan fingerprint density at radius 2 is 1.81 bits per heavy atom. The van der Waals surface area contributed by atoms with Crippen LogP contribution in [-0.2, 0) is 0 Å². The zero-order valence-electron chi connectivity index (χ0n) is 16.0. The van der Waals surface area contributed by atoms with Gasteiger partial charge in [-0.25, -0.2) is 9.97 Å². The summed E-state index contributed by atoms with van der Waals surface area (Å²) in [5.74, 6) is 2.43. The van der Waals surface area contributed by atoms with E-state index >= 15 is 0 Å². The van der Waals surface area contributed by atoms with E-state index in [1.807, 2.05) is 57.5 Å². The van der Waals surface area contributed by atoms with Gasteiger partial charge in [0, 0.05) is 25.3 Å². The van der Waals surface area contributed by atoms with Crippen LogP contribution in [-0.4, -0.2) is 56.3 Å². The third-order valence-electron chi connectivity index (χ3n) is 4.04. The van der Waals surface area contributed by atoms with Crippen molar-refractivity contribution in [1.29, 1.82) is 0 Å². The van der Waals surface area contributed by atoms with E-state index in [9.17, 15) is 0 Å². The summed E-state index contributed by atoms with van der Waals surface area (Å²) in [7, 11) is 7.49. The monoisotopic (exact) mass is 368 g/mol. The van der Waals surface area contributed by atoms with Gasteiger partial charge in [-0.05, 0) is 44.4 Å². The number of anilines is 1. The molecule has 3 rings (SSSR count). The minimum atomic E-state index is 0.468. The fourth-order valence-electron chi connectivity index (χ4n) is 2.53. The molecule has 1 N–H and O–H groups in total. The van der Waals surface area contributed by atoms with Gasteiger partial charge in [0.1, 0.15) is 18.7 Å². The Bertz CT molecular complexity index is 898. The van der Waals surface area contributed by atoms with E-state index in [2.05, 4.69) is 20.2 Å². The summed E-state index contributed by atoms with van der Waals surface area (Å²) in [6.45, 7) is 1.36. The molecule has 27 heavy (non-hydrogen) atoms.